The van der Waals surface area contributed by atoms with Gasteiger partial charge in [-0.2, -0.15) is 0 Å². The van der Waals surface area contributed by atoms with Gasteiger partial charge in [0.05, 0.1) is 0 Å². The summed E-state index contributed by atoms with van der Waals surface area (Å²) in [5, 5.41) is 0. The molecule has 1 aliphatic carbocycles. The number of hydrogen-bond donors (Lipinski definition) is 0. The molecule has 0 unspecified atom stereocenters. The molecule has 0 aliphatic heterocycles. The second-order valence-electron chi connectivity index (χ2n) is 1.94. The molecule has 0 saturated carbocycles. The van der Waals surface area contributed by atoms with Crippen LogP contribution in [0.15, 0.2) is 0 Å². The highest BCUT2D eigenvalue weighted by molar-refractivity contribution is 5.21. The summed E-state index contributed by atoms with van der Waals surface area (Å²) in [7, 11) is 0. The van der Waals surface area contributed by atoms with Crippen molar-refractivity contribution in [1.29, 1.82) is 0 Å². The Kier molecular flexibility index (Phi) is 1.36. The highest BCUT2D eigenvalue weighted by atomic mass is 14.0. The zero-order valence-electron chi connectivity index (χ0n) is 4.62. The minimum atomic E-state index is 1.11. The lowest BCUT2D eigenvalue weighted by molar-refractivity contribution is 0.787. The van der Waals surface area contributed by atoms with E-state index >= 15 is 0 Å². The molecule has 0 saturated heterocycles. The van der Waals surface area contributed by atoms with Crippen LogP contribution < -0.4 is 0 Å². The SMILES string of the molecule is C[C]1C#CCCC1. The van der Waals surface area contributed by atoms with Crippen molar-refractivity contribution in [2.24, 2.45) is 0 Å². The normalized spacial score (nSPS) is 20.7. The van der Waals surface area contributed by atoms with Gasteiger partial charge in [0.2, 0.25) is 0 Å². The van der Waals surface area contributed by atoms with Crippen LogP contribution in [0, 0.1) is 17.8 Å². The molecular weight excluding hydrogens is 84.1 g/mol. The van der Waals surface area contributed by atoms with E-state index in [2.05, 4.69) is 18.8 Å². The zero-order chi connectivity index (χ0) is 5.11. The van der Waals surface area contributed by atoms with Gasteiger partial charge in [-0.05, 0) is 19.8 Å². The van der Waals surface area contributed by atoms with Gasteiger partial charge >= 0.3 is 0 Å². The second-order valence-corrected chi connectivity index (χ2v) is 1.94. The van der Waals surface area contributed by atoms with Crippen LogP contribution in [0.1, 0.15) is 26.2 Å². The molecule has 0 aromatic heterocycles. The van der Waals surface area contributed by atoms with E-state index in [0.717, 1.165) is 6.42 Å². The Morgan fingerprint density at radius 2 is 2.43 bits per heavy atom. The molecule has 0 spiro atoms. The predicted octanol–water partition coefficient (Wildman–Crippen LogP) is 1.77. The van der Waals surface area contributed by atoms with Gasteiger partial charge in [0.15, 0.2) is 0 Å². The molecule has 37 valence electrons. The van der Waals surface area contributed by atoms with Crippen molar-refractivity contribution >= 4 is 0 Å². The number of rotatable bonds is 0. The summed E-state index contributed by atoms with van der Waals surface area (Å²) in [6, 6.07) is 0. The van der Waals surface area contributed by atoms with Gasteiger partial charge in [0, 0.05) is 12.3 Å². The second kappa shape index (κ2) is 2.02. The lowest BCUT2D eigenvalue weighted by atomic mass is 10.0. The van der Waals surface area contributed by atoms with Gasteiger partial charge in [-0.1, -0.05) is 5.92 Å². The molecule has 0 fully saturated rings. The molecule has 0 heteroatoms. The van der Waals surface area contributed by atoms with Crippen LogP contribution in [-0.2, 0) is 0 Å². The molecule has 0 aromatic rings. The van der Waals surface area contributed by atoms with E-state index in [1.165, 1.54) is 18.8 Å². The van der Waals surface area contributed by atoms with Crippen LogP contribution in [0.25, 0.3) is 0 Å². The van der Waals surface area contributed by atoms with Gasteiger partial charge in [0.1, 0.15) is 0 Å². The van der Waals surface area contributed by atoms with Gasteiger partial charge in [-0.15, -0.1) is 5.92 Å². The van der Waals surface area contributed by atoms with Crippen LogP contribution in [0.5, 0.6) is 0 Å². The summed E-state index contributed by atoms with van der Waals surface area (Å²) in [6.45, 7) is 2.10. The van der Waals surface area contributed by atoms with Gasteiger partial charge in [-0.3, -0.25) is 0 Å². The van der Waals surface area contributed by atoms with Crippen LogP contribution in [0.2, 0.25) is 0 Å². The topological polar surface area (TPSA) is 0 Å². The van der Waals surface area contributed by atoms with E-state index in [4.69, 9.17) is 0 Å². The molecule has 1 aliphatic rings. The Bertz CT molecular complexity index is 103. The molecule has 0 heterocycles. The van der Waals surface area contributed by atoms with E-state index in [-0.39, 0.29) is 0 Å². The van der Waals surface area contributed by atoms with Crippen LogP contribution in [0.3, 0.4) is 0 Å². The molecule has 1 rings (SSSR count). The maximum atomic E-state index is 3.05. The summed E-state index contributed by atoms with van der Waals surface area (Å²) < 4.78 is 0. The first-order chi connectivity index (χ1) is 3.39. The molecule has 0 aromatic carbocycles. The van der Waals surface area contributed by atoms with Crippen molar-refractivity contribution in [2.75, 3.05) is 0 Å². The maximum Gasteiger partial charge on any atom is 0.0449 e. The molecule has 0 amide bonds. The highest BCUT2D eigenvalue weighted by Crippen LogP contribution is 2.11. The van der Waals surface area contributed by atoms with Crippen molar-refractivity contribution in [1.82, 2.24) is 0 Å². The molecule has 0 N–H and O–H groups in total. The quantitative estimate of drug-likeness (QED) is 0.400. The van der Waals surface area contributed by atoms with Gasteiger partial charge in [0.25, 0.3) is 0 Å². The summed E-state index contributed by atoms with van der Waals surface area (Å²) in [6.07, 6.45) is 3.61. The zero-order valence-corrected chi connectivity index (χ0v) is 4.62. The first-order valence-electron chi connectivity index (χ1n) is 2.71. The minimum Gasteiger partial charge on any atom is -0.103 e. The standard InChI is InChI=1S/C7H9/c1-7-5-3-2-4-6-7/h2-3,5H2,1H3. The Morgan fingerprint density at radius 3 is 2.71 bits per heavy atom. The van der Waals surface area contributed by atoms with Crippen molar-refractivity contribution < 1.29 is 0 Å². The first kappa shape index (κ1) is 4.71. The molecule has 0 atom stereocenters. The third kappa shape index (κ3) is 1.23. The molecule has 0 bridgehead atoms. The van der Waals surface area contributed by atoms with Crippen LogP contribution in [-0.4, -0.2) is 0 Å². The summed E-state index contributed by atoms with van der Waals surface area (Å²) >= 11 is 0. The monoisotopic (exact) mass is 93.1 g/mol. The fourth-order valence-electron chi connectivity index (χ4n) is 0.718. The lowest BCUT2D eigenvalue weighted by Gasteiger charge is -2.03. The van der Waals surface area contributed by atoms with E-state index in [9.17, 15) is 0 Å². The fourth-order valence-corrected chi connectivity index (χ4v) is 0.718. The van der Waals surface area contributed by atoms with Crippen molar-refractivity contribution in [3.63, 3.8) is 0 Å². The molecule has 7 heavy (non-hydrogen) atoms. The Balaban J connectivity index is 2.45. The smallest absolute Gasteiger partial charge is 0.0449 e. The Labute approximate surface area is 44.9 Å². The number of hydrogen-bond acceptors (Lipinski definition) is 0. The van der Waals surface area contributed by atoms with Crippen molar-refractivity contribution in [2.45, 2.75) is 26.2 Å². The van der Waals surface area contributed by atoms with Crippen LogP contribution in [0.4, 0.5) is 0 Å². The average molecular weight is 93.1 g/mol. The van der Waals surface area contributed by atoms with E-state index < -0.39 is 0 Å². The maximum absolute atomic E-state index is 3.05. The summed E-state index contributed by atoms with van der Waals surface area (Å²) in [5.41, 5.74) is 0. The third-order valence-electron chi connectivity index (χ3n) is 1.16. The molecule has 0 nitrogen and oxygen atoms in total. The Morgan fingerprint density at radius 1 is 1.57 bits per heavy atom. The average Bonchev–Trinajstić information content (AvgIpc) is 1.69. The van der Waals surface area contributed by atoms with E-state index in [1.54, 1.807) is 0 Å². The van der Waals surface area contributed by atoms with Crippen LogP contribution >= 0.6 is 0 Å². The van der Waals surface area contributed by atoms with Crippen molar-refractivity contribution in [3.05, 3.63) is 5.92 Å². The summed E-state index contributed by atoms with van der Waals surface area (Å²) in [5.74, 6) is 7.45. The van der Waals surface area contributed by atoms with E-state index in [0.29, 0.717) is 0 Å². The highest BCUT2D eigenvalue weighted by Gasteiger charge is 1.99. The Hall–Kier alpha value is -0.440. The molecule has 1 radical (unpaired) electrons. The fraction of sp³-hybridized carbons (Fsp3) is 0.571. The molecular formula is C7H9. The predicted molar refractivity (Wildman–Crippen MR) is 30.5 cm³/mol. The lowest BCUT2D eigenvalue weighted by Crippen LogP contribution is -1.91. The first-order valence-corrected chi connectivity index (χ1v) is 2.71. The van der Waals surface area contributed by atoms with Gasteiger partial charge in [-0.25, -0.2) is 0 Å². The summed E-state index contributed by atoms with van der Waals surface area (Å²) in [4.78, 5) is 0. The minimum absolute atomic E-state index is 1.11. The van der Waals surface area contributed by atoms with Gasteiger partial charge < -0.3 is 0 Å². The van der Waals surface area contributed by atoms with Crippen molar-refractivity contribution in [3.8, 4) is 11.8 Å². The van der Waals surface area contributed by atoms with E-state index in [1.807, 2.05) is 0 Å². The third-order valence-corrected chi connectivity index (χ3v) is 1.16. The largest absolute Gasteiger partial charge is 0.103 e.